The van der Waals surface area contributed by atoms with E-state index in [1.807, 2.05) is 24.3 Å². The van der Waals surface area contributed by atoms with Gasteiger partial charge in [0.1, 0.15) is 0 Å². The first-order chi connectivity index (χ1) is 9.28. The third-order valence-corrected chi connectivity index (χ3v) is 4.00. The monoisotopic (exact) mass is 261 g/mol. The number of aliphatic hydroxyl groups is 1. The molecule has 0 amide bonds. The summed E-state index contributed by atoms with van der Waals surface area (Å²) in [5, 5.41) is 13.5. The largest absolute Gasteiger partial charge is 0.493 e. The van der Waals surface area contributed by atoms with E-state index in [1.54, 1.807) is 0 Å². The summed E-state index contributed by atoms with van der Waals surface area (Å²) in [5.41, 5.74) is 1.44. The quantitative estimate of drug-likeness (QED) is 0.756. The molecule has 0 spiro atoms. The van der Waals surface area contributed by atoms with E-state index in [-0.39, 0.29) is 7.12 Å². The second-order valence-electron chi connectivity index (χ2n) is 5.33. The molecule has 1 aliphatic carbocycles. The third-order valence-electron chi connectivity index (χ3n) is 4.00. The second kappa shape index (κ2) is 5.63. The maximum atomic E-state index is 10.3. The fraction of sp³-hybridized carbons (Fsp3) is 0.571. The highest BCUT2D eigenvalue weighted by atomic mass is 16.6. The molecule has 102 valence electrons. The zero-order valence-electron chi connectivity index (χ0n) is 11.1. The maximum Gasteiger partial charge on any atom is 0.493 e. The topological polar surface area (TPSA) is 50.7 Å². The normalized spacial score (nSPS) is 23.3. The van der Waals surface area contributed by atoms with E-state index in [4.69, 9.17) is 9.31 Å². The van der Waals surface area contributed by atoms with Gasteiger partial charge in [0.2, 0.25) is 0 Å². The predicted octanol–water partition coefficient (Wildman–Crippen LogP) is 0.390. The Morgan fingerprint density at radius 3 is 2.21 bits per heavy atom. The van der Waals surface area contributed by atoms with Crippen molar-refractivity contribution in [3.63, 3.8) is 0 Å². The Hall–Kier alpha value is -0.875. The van der Waals surface area contributed by atoms with Crippen molar-refractivity contribution in [2.75, 3.05) is 26.3 Å². The van der Waals surface area contributed by atoms with Crippen molar-refractivity contribution in [2.24, 2.45) is 0 Å². The lowest BCUT2D eigenvalue weighted by molar-refractivity contribution is -0.0387. The summed E-state index contributed by atoms with van der Waals surface area (Å²) in [4.78, 5) is 0. The van der Waals surface area contributed by atoms with Crippen molar-refractivity contribution in [3.8, 4) is 0 Å². The minimum absolute atomic E-state index is 0.285. The van der Waals surface area contributed by atoms with Gasteiger partial charge in [-0.15, -0.1) is 0 Å². The van der Waals surface area contributed by atoms with Crippen LogP contribution in [0.15, 0.2) is 24.3 Å². The lowest BCUT2D eigenvalue weighted by Gasteiger charge is -2.37. The molecule has 3 rings (SSSR count). The van der Waals surface area contributed by atoms with E-state index in [0.29, 0.717) is 13.2 Å². The first-order valence-corrected chi connectivity index (χ1v) is 7.05. The molecule has 1 aromatic rings. The minimum Gasteiger partial charge on any atom is -0.406 e. The van der Waals surface area contributed by atoms with Gasteiger partial charge in [0.25, 0.3) is 0 Å². The van der Waals surface area contributed by atoms with Crippen LogP contribution in [-0.2, 0) is 14.9 Å². The average molecular weight is 261 g/mol. The molecular formula is C14H20BNO3. The number of benzene rings is 1. The summed E-state index contributed by atoms with van der Waals surface area (Å²) in [6.07, 6.45) is 2.85. The van der Waals surface area contributed by atoms with Gasteiger partial charge in [-0.25, -0.2) is 0 Å². The van der Waals surface area contributed by atoms with Crippen molar-refractivity contribution in [1.82, 2.24) is 5.32 Å². The summed E-state index contributed by atoms with van der Waals surface area (Å²) >= 11 is 0. The zero-order valence-corrected chi connectivity index (χ0v) is 11.1. The first kappa shape index (κ1) is 13.1. The Bertz CT molecular complexity index is 411. The molecule has 4 nitrogen and oxygen atoms in total. The molecule has 1 saturated carbocycles. The Balaban J connectivity index is 1.70. The van der Waals surface area contributed by atoms with Crippen molar-refractivity contribution in [1.29, 1.82) is 0 Å². The van der Waals surface area contributed by atoms with Crippen LogP contribution in [0, 0.1) is 0 Å². The number of nitrogens with one attached hydrogen (secondary N) is 1. The van der Waals surface area contributed by atoms with E-state index >= 15 is 0 Å². The average Bonchev–Trinajstić information content (AvgIpc) is 2.36. The van der Waals surface area contributed by atoms with E-state index < -0.39 is 5.60 Å². The van der Waals surface area contributed by atoms with Gasteiger partial charge in [0.05, 0.1) is 5.60 Å². The fourth-order valence-electron chi connectivity index (χ4n) is 2.59. The molecule has 0 aromatic heterocycles. The van der Waals surface area contributed by atoms with Crippen LogP contribution in [-0.4, -0.2) is 38.5 Å². The SMILES string of the molecule is OC1(c2ccc(B3OCCNCCO3)cc2)CCC1. The van der Waals surface area contributed by atoms with E-state index in [2.05, 4.69) is 5.32 Å². The molecule has 19 heavy (non-hydrogen) atoms. The lowest BCUT2D eigenvalue weighted by atomic mass is 9.72. The van der Waals surface area contributed by atoms with Crippen LogP contribution in [0.5, 0.6) is 0 Å². The van der Waals surface area contributed by atoms with Gasteiger partial charge in [0, 0.05) is 26.3 Å². The van der Waals surface area contributed by atoms with Gasteiger partial charge < -0.3 is 19.7 Å². The molecule has 0 atom stereocenters. The molecule has 0 bridgehead atoms. The highest BCUT2D eigenvalue weighted by molar-refractivity contribution is 6.61. The highest BCUT2D eigenvalue weighted by Gasteiger charge is 2.36. The minimum atomic E-state index is -0.592. The molecule has 1 aliphatic heterocycles. The molecular weight excluding hydrogens is 241 g/mol. The standard InChI is InChI=1S/C14H20BNO3/c17-14(6-1-7-14)12-2-4-13(5-3-12)15-18-10-8-16-9-11-19-15/h2-5,16-17H,1,6-11H2. The Morgan fingerprint density at radius 1 is 1.05 bits per heavy atom. The van der Waals surface area contributed by atoms with Crippen LogP contribution in [0.4, 0.5) is 0 Å². The molecule has 0 radical (unpaired) electrons. The van der Waals surface area contributed by atoms with Gasteiger partial charge in [-0.05, 0) is 30.3 Å². The Labute approximate surface area is 114 Å². The summed E-state index contributed by atoms with van der Waals surface area (Å²) in [6.45, 7) is 3.02. The third kappa shape index (κ3) is 2.84. The second-order valence-corrected chi connectivity index (χ2v) is 5.33. The molecule has 1 heterocycles. The van der Waals surface area contributed by atoms with Crippen LogP contribution in [0.3, 0.4) is 0 Å². The van der Waals surface area contributed by atoms with Gasteiger partial charge in [-0.2, -0.15) is 0 Å². The molecule has 0 unspecified atom stereocenters. The molecule has 2 aliphatic rings. The van der Waals surface area contributed by atoms with E-state index in [9.17, 15) is 5.11 Å². The highest BCUT2D eigenvalue weighted by Crippen LogP contribution is 2.40. The Kier molecular flexibility index (Phi) is 3.89. The van der Waals surface area contributed by atoms with Gasteiger partial charge in [-0.1, -0.05) is 24.3 Å². The van der Waals surface area contributed by atoms with Gasteiger partial charge in [0.15, 0.2) is 0 Å². The zero-order chi connectivity index (χ0) is 13.1. The summed E-state index contributed by atoms with van der Waals surface area (Å²) in [7, 11) is -0.285. The number of rotatable bonds is 2. The van der Waals surface area contributed by atoms with Crippen LogP contribution < -0.4 is 10.8 Å². The van der Waals surface area contributed by atoms with E-state index in [0.717, 1.165) is 43.4 Å². The predicted molar refractivity (Wildman–Crippen MR) is 74.4 cm³/mol. The van der Waals surface area contributed by atoms with Crippen molar-refractivity contribution < 1.29 is 14.4 Å². The first-order valence-electron chi connectivity index (χ1n) is 7.05. The maximum absolute atomic E-state index is 10.3. The molecule has 1 aromatic carbocycles. The van der Waals surface area contributed by atoms with Gasteiger partial charge in [-0.3, -0.25) is 0 Å². The smallest absolute Gasteiger partial charge is 0.406 e. The van der Waals surface area contributed by atoms with Crippen LogP contribution in [0.25, 0.3) is 0 Å². The Morgan fingerprint density at radius 2 is 1.68 bits per heavy atom. The summed E-state index contributed by atoms with van der Waals surface area (Å²) in [5.74, 6) is 0. The van der Waals surface area contributed by atoms with Crippen LogP contribution in [0.1, 0.15) is 24.8 Å². The fourth-order valence-corrected chi connectivity index (χ4v) is 2.59. The molecule has 2 N–H and O–H groups in total. The van der Waals surface area contributed by atoms with Gasteiger partial charge >= 0.3 is 7.12 Å². The molecule has 2 fully saturated rings. The number of hydrogen-bond donors (Lipinski definition) is 2. The van der Waals surface area contributed by atoms with E-state index in [1.165, 1.54) is 0 Å². The molecule has 5 heteroatoms. The van der Waals surface area contributed by atoms with Crippen LogP contribution >= 0.6 is 0 Å². The van der Waals surface area contributed by atoms with Crippen molar-refractivity contribution in [3.05, 3.63) is 29.8 Å². The van der Waals surface area contributed by atoms with Crippen LogP contribution in [0.2, 0.25) is 0 Å². The van der Waals surface area contributed by atoms with Crippen molar-refractivity contribution in [2.45, 2.75) is 24.9 Å². The summed E-state index contributed by atoms with van der Waals surface area (Å²) < 4.78 is 11.4. The lowest BCUT2D eigenvalue weighted by Crippen LogP contribution is -2.43. The molecule has 1 saturated heterocycles. The van der Waals surface area contributed by atoms with Crippen molar-refractivity contribution >= 4 is 12.6 Å². The number of hydrogen-bond acceptors (Lipinski definition) is 4. The summed E-state index contributed by atoms with van der Waals surface area (Å²) in [6, 6.07) is 8.01.